The van der Waals surface area contributed by atoms with E-state index in [-0.39, 0.29) is 28.9 Å². The number of benzene rings is 2. The molecule has 0 aliphatic carbocycles. The minimum Gasteiger partial charge on any atom is -0.266 e. The van der Waals surface area contributed by atoms with Gasteiger partial charge in [-0.1, -0.05) is 43.3 Å². The van der Waals surface area contributed by atoms with Crippen LogP contribution in [-0.2, 0) is 28.6 Å². The molecule has 8 heteroatoms. The van der Waals surface area contributed by atoms with Crippen LogP contribution in [-0.4, -0.2) is 30.0 Å². The lowest BCUT2D eigenvalue weighted by molar-refractivity contribution is 0.181. The van der Waals surface area contributed by atoms with Crippen LogP contribution < -0.4 is 0 Å². The summed E-state index contributed by atoms with van der Waals surface area (Å²) in [5, 5.41) is 0. The first-order valence-electron chi connectivity index (χ1n) is 8.57. The van der Waals surface area contributed by atoms with E-state index in [9.17, 15) is 16.8 Å². The summed E-state index contributed by atoms with van der Waals surface area (Å²) in [5.74, 6) is -0.386. The predicted molar refractivity (Wildman–Crippen MR) is 102 cm³/mol. The van der Waals surface area contributed by atoms with Crippen LogP contribution in [0.25, 0.3) is 0 Å². The molecule has 0 atom stereocenters. The van der Waals surface area contributed by atoms with Crippen LogP contribution in [0, 0.1) is 19.8 Å². The minimum absolute atomic E-state index is 0.105. The maximum absolute atomic E-state index is 12.4. The molecule has 2 aromatic carbocycles. The van der Waals surface area contributed by atoms with Crippen LogP contribution in [0.5, 0.6) is 0 Å². The van der Waals surface area contributed by atoms with Crippen molar-refractivity contribution in [1.82, 2.24) is 0 Å². The first-order chi connectivity index (χ1) is 12.7. The molecule has 27 heavy (non-hydrogen) atoms. The monoisotopic (exact) mass is 412 g/mol. The number of aryl methyl sites for hydroxylation is 2. The average molecular weight is 413 g/mol. The predicted octanol–water partition coefficient (Wildman–Crippen LogP) is 3.44. The van der Waals surface area contributed by atoms with Crippen LogP contribution >= 0.6 is 0 Å². The van der Waals surface area contributed by atoms with Gasteiger partial charge in [0.25, 0.3) is 20.2 Å². The van der Waals surface area contributed by atoms with Gasteiger partial charge in [0, 0.05) is 5.92 Å². The van der Waals surface area contributed by atoms with E-state index in [1.54, 1.807) is 50.2 Å². The maximum atomic E-state index is 12.4. The molecular weight excluding hydrogens is 388 g/mol. The molecule has 148 valence electrons. The van der Waals surface area contributed by atoms with E-state index in [1.165, 1.54) is 12.1 Å². The lowest BCUT2D eigenvalue weighted by Crippen LogP contribution is -2.21. The van der Waals surface area contributed by atoms with Gasteiger partial charge in [0.2, 0.25) is 0 Å². The Morgan fingerprint density at radius 1 is 0.741 bits per heavy atom. The molecule has 0 aliphatic heterocycles. The van der Waals surface area contributed by atoms with Gasteiger partial charge in [0.15, 0.2) is 0 Å². The zero-order valence-electron chi connectivity index (χ0n) is 15.6. The molecule has 0 aromatic heterocycles. The van der Waals surface area contributed by atoms with Gasteiger partial charge in [0.1, 0.15) is 0 Å². The Morgan fingerprint density at radius 2 is 1.11 bits per heavy atom. The van der Waals surface area contributed by atoms with Crippen LogP contribution in [0.1, 0.15) is 24.5 Å². The van der Waals surface area contributed by atoms with Crippen molar-refractivity contribution in [3.63, 3.8) is 0 Å². The Labute approximate surface area is 161 Å². The van der Waals surface area contributed by atoms with E-state index < -0.39 is 20.2 Å². The van der Waals surface area contributed by atoms with Gasteiger partial charge in [-0.25, -0.2) is 0 Å². The van der Waals surface area contributed by atoms with E-state index in [0.717, 1.165) is 0 Å². The van der Waals surface area contributed by atoms with Crippen molar-refractivity contribution >= 4 is 20.2 Å². The fourth-order valence-electron chi connectivity index (χ4n) is 2.46. The highest BCUT2D eigenvalue weighted by molar-refractivity contribution is 7.87. The summed E-state index contributed by atoms with van der Waals surface area (Å²) < 4.78 is 59.7. The molecule has 0 amide bonds. The molecule has 0 unspecified atom stereocenters. The molecule has 0 spiro atoms. The first-order valence-corrected chi connectivity index (χ1v) is 11.4. The Hall–Kier alpha value is -1.74. The van der Waals surface area contributed by atoms with Crippen molar-refractivity contribution in [2.24, 2.45) is 5.92 Å². The lowest BCUT2D eigenvalue weighted by atomic mass is 10.1. The van der Waals surface area contributed by atoms with Gasteiger partial charge >= 0.3 is 0 Å². The molecule has 0 fully saturated rings. The number of hydrogen-bond donors (Lipinski definition) is 0. The van der Waals surface area contributed by atoms with Crippen molar-refractivity contribution in [2.45, 2.75) is 37.0 Å². The van der Waals surface area contributed by atoms with Crippen LogP contribution in [0.3, 0.4) is 0 Å². The van der Waals surface area contributed by atoms with Crippen molar-refractivity contribution in [1.29, 1.82) is 0 Å². The topological polar surface area (TPSA) is 86.7 Å². The van der Waals surface area contributed by atoms with E-state index >= 15 is 0 Å². The van der Waals surface area contributed by atoms with Crippen molar-refractivity contribution < 1.29 is 25.2 Å². The van der Waals surface area contributed by atoms with Gasteiger partial charge in [0.05, 0.1) is 23.0 Å². The third-order valence-electron chi connectivity index (χ3n) is 4.22. The zero-order valence-corrected chi connectivity index (χ0v) is 17.2. The van der Waals surface area contributed by atoms with Crippen LogP contribution in [0.15, 0.2) is 58.3 Å². The molecular formula is C19H24O6S2. The van der Waals surface area contributed by atoms with Gasteiger partial charge in [-0.05, 0) is 43.5 Å². The second kappa shape index (κ2) is 8.97. The standard InChI is InChI=1S/C19H24O6S2/c1-4-17(13-24-26(20,21)18-11-7-5-9-15(18)2)14-25-27(22,23)19-12-8-6-10-16(19)3/h5-12,17H,4,13-14H2,1-3H3. The number of rotatable bonds is 9. The Balaban J connectivity index is 2.02. The summed E-state index contributed by atoms with van der Waals surface area (Å²) in [6.45, 7) is 4.88. The molecule has 0 saturated heterocycles. The van der Waals surface area contributed by atoms with Gasteiger partial charge in [-0.15, -0.1) is 0 Å². The first kappa shape index (κ1) is 21.6. The fourth-order valence-corrected chi connectivity index (χ4v) is 4.87. The largest absolute Gasteiger partial charge is 0.297 e. The van der Waals surface area contributed by atoms with Gasteiger partial charge in [-0.2, -0.15) is 16.8 Å². The Bertz CT molecular complexity index is 901. The second-order valence-electron chi connectivity index (χ2n) is 6.28. The molecule has 0 N–H and O–H groups in total. The summed E-state index contributed by atoms with van der Waals surface area (Å²) in [4.78, 5) is 0.210. The molecule has 2 aromatic rings. The van der Waals surface area contributed by atoms with Gasteiger partial charge in [-0.3, -0.25) is 8.37 Å². The quantitative estimate of drug-likeness (QED) is 0.587. The summed E-state index contributed by atoms with van der Waals surface area (Å²) in [6, 6.07) is 13.1. The number of hydrogen-bond acceptors (Lipinski definition) is 6. The van der Waals surface area contributed by atoms with E-state index in [1.807, 2.05) is 6.92 Å². The Kier molecular flexibility index (Phi) is 7.16. The SMILES string of the molecule is CCC(COS(=O)(=O)c1ccccc1C)COS(=O)(=O)c1ccccc1C. The van der Waals surface area contributed by atoms with Crippen LogP contribution in [0.2, 0.25) is 0 Å². The highest BCUT2D eigenvalue weighted by Gasteiger charge is 2.23. The molecule has 0 radical (unpaired) electrons. The third-order valence-corrected chi connectivity index (χ3v) is 7.11. The van der Waals surface area contributed by atoms with Crippen molar-refractivity contribution in [3.8, 4) is 0 Å². The molecule has 0 heterocycles. The van der Waals surface area contributed by atoms with Gasteiger partial charge < -0.3 is 0 Å². The third kappa shape index (κ3) is 5.62. The smallest absolute Gasteiger partial charge is 0.266 e. The summed E-state index contributed by atoms with van der Waals surface area (Å²) >= 11 is 0. The molecule has 0 bridgehead atoms. The van der Waals surface area contributed by atoms with E-state index in [4.69, 9.17) is 8.37 Å². The normalized spacial score (nSPS) is 12.4. The average Bonchev–Trinajstić information content (AvgIpc) is 2.62. The van der Waals surface area contributed by atoms with Crippen LogP contribution in [0.4, 0.5) is 0 Å². The lowest BCUT2D eigenvalue weighted by Gasteiger charge is -2.16. The second-order valence-corrected chi connectivity index (χ2v) is 9.45. The highest BCUT2D eigenvalue weighted by Crippen LogP contribution is 2.21. The molecule has 6 nitrogen and oxygen atoms in total. The van der Waals surface area contributed by atoms with E-state index in [2.05, 4.69) is 0 Å². The van der Waals surface area contributed by atoms with Crippen molar-refractivity contribution in [2.75, 3.05) is 13.2 Å². The Morgan fingerprint density at radius 3 is 1.44 bits per heavy atom. The molecule has 0 saturated carbocycles. The zero-order chi connectivity index (χ0) is 20.1. The summed E-state index contributed by atoms with van der Waals surface area (Å²) in [6.07, 6.45) is 0.507. The van der Waals surface area contributed by atoms with E-state index in [0.29, 0.717) is 17.5 Å². The minimum atomic E-state index is -3.91. The maximum Gasteiger partial charge on any atom is 0.297 e. The summed E-state index contributed by atoms with van der Waals surface area (Å²) in [5.41, 5.74) is 1.17. The van der Waals surface area contributed by atoms with Crippen molar-refractivity contribution in [3.05, 3.63) is 59.7 Å². The fraction of sp³-hybridized carbons (Fsp3) is 0.368. The highest BCUT2D eigenvalue weighted by atomic mass is 32.2. The molecule has 0 aliphatic rings. The summed E-state index contributed by atoms with van der Waals surface area (Å²) in [7, 11) is -7.83. The molecule has 2 rings (SSSR count).